The summed E-state index contributed by atoms with van der Waals surface area (Å²) in [7, 11) is 1.42. The number of ether oxygens (including phenoxy) is 5. The third-order valence-electron chi connectivity index (χ3n) is 8.38. The van der Waals surface area contributed by atoms with Gasteiger partial charge in [0.25, 0.3) is 11.2 Å². The Labute approximate surface area is 309 Å². The second-order valence-electron chi connectivity index (χ2n) is 11.8. The number of benzene rings is 4. The number of esters is 1. The number of carbonyl (C=O) groups excluding carboxylic acids is 1. The molecule has 1 aromatic heterocycles. The molecule has 4 aromatic carbocycles. The highest BCUT2D eigenvalue weighted by atomic mass is 32.1. The Morgan fingerprint density at radius 2 is 1.51 bits per heavy atom. The number of nitro benzene ring substituents is 1. The van der Waals surface area contributed by atoms with Crippen molar-refractivity contribution >= 4 is 34.8 Å². The number of hydrogen-bond donors (Lipinski definition) is 0. The Morgan fingerprint density at radius 3 is 2.11 bits per heavy atom. The van der Waals surface area contributed by atoms with Gasteiger partial charge in [0.2, 0.25) is 0 Å². The zero-order chi connectivity index (χ0) is 37.5. The molecule has 0 fully saturated rings. The molecule has 1 atom stereocenters. The molecule has 0 amide bonds. The number of nitro groups is 1. The first-order valence-corrected chi connectivity index (χ1v) is 17.7. The standard InChI is InChI=1S/C40H37N3O9S/c1-5-49-33-19-28(17-18-31(33)51-23-26-13-9-7-10-14-26)20-35-38(44)42-25(3)36(39(45)50-6-2)37(41-40(42)53-35)29-21-32(48-4)34(22-30(29)43(46)47)52-24-27-15-11-8-12-16-27/h7-22,37H,5-6,23-24H2,1-4H3/b35-20-/t37-/m0/s1. The molecule has 12 nitrogen and oxygen atoms in total. The van der Waals surface area contributed by atoms with Gasteiger partial charge < -0.3 is 23.7 Å². The molecule has 13 heteroatoms. The average Bonchev–Trinajstić information content (AvgIpc) is 3.48. The largest absolute Gasteiger partial charge is 0.493 e. The molecule has 0 spiro atoms. The molecule has 0 aliphatic carbocycles. The predicted molar refractivity (Wildman–Crippen MR) is 200 cm³/mol. The van der Waals surface area contributed by atoms with E-state index in [1.54, 1.807) is 32.1 Å². The van der Waals surface area contributed by atoms with E-state index in [2.05, 4.69) is 0 Å². The Balaban J connectivity index is 1.43. The molecular formula is C40H37N3O9S. The maximum atomic E-state index is 13.9. The topological polar surface area (TPSA) is 141 Å². The fraction of sp³-hybridized carbons (Fsp3) is 0.225. The molecule has 6 rings (SSSR count). The summed E-state index contributed by atoms with van der Waals surface area (Å²) in [4.78, 5) is 44.5. The molecule has 5 aromatic rings. The molecule has 53 heavy (non-hydrogen) atoms. The minimum atomic E-state index is -1.19. The molecule has 0 N–H and O–H groups in total. The minimum Gasteiger partial charge on any atom is -0.493 e. The third kappa shape index (κ3) is 8.00. The van der Waals surface area contributed by atoms with Crippen LogP contribution in [-0.4, -0.2) is 35.8 Å². The fourth-order valence-electron chi connectivity index (χ4n) is 5.88. The van der Waals surface area contributed by atoms with Crippen molar-refractivity contribution in [2.45, 2.75) is 40.0 Å². The van der Waals surface area contributed by atoms with Crippen molar-refractivity contribution in [2.24, 2.45) is 4.99 Å². The third-order valence-corrected chi connectivity index (χ3v) is 9.37. The maximum Gasteiger partial charge on any atom is 0.338 e. The molecular weight excluding hydrogens is 699 g/mol. The van der Waals surface area contributed by atoms with E-state index in [9.17, 15) is 19.7 Å². The summed E-state index contributed by atoms with van der Waals surface area (Å²) in [6.07, 6.45) is 1.70. The van der Waals surface area contributed by atoms with Crippen LogP contribution in [0, 0.1) is 10.1 Å². The average molecular weight is 736 g/mol. The molecule has 272 valence electrons. The van der Waals surface area contributed by atoms with Crippen LogP contribution in [0.3, 0.4) is 0 Å². The van der Waals surface area contributed by atoms with Gasteiger partial charge in [-0.2, -0.15) is 0 Å². The number of thiazole rings is 1. The van der Waals surface area contributed by atoms with Crippen LogP contribution in [0.15, 0.2) is 106 Å². The van der Waals surface area contributed by atoms with Crippen LogP contribution < -0.4 is 33.8 Å². The number of nitrogens with zero attached hydrogens (tertiary/aromatic N) is 3. The summed E-state index contributed by atoms with van der Waals surface area (Å²) < 4.78 is 30.5. The predicted octanol–water partition coefficient (Wildman–Crippen LogP) is 6.38. The van der Waals surface area contributed by atoms with Gasteiger partial charge in [0, 0.05) is 5.70 Å². The lowest BCUT2D eigenvalue weighted by molar-refractivity contribution is -0.385. The first-order chi connectivity index (χ1) is 25.7. The monoisotopic (exact) mass is 735 g/mol. The van der Waals surface area contributed by atoms with Crippen molar-refractivity contribution in [2.75, 3.05) is 20.3 Å². The van der Waals surface area contributed by atoms with Crippen LogP contribution in [0.25, 0.3) is 11.8 Å². The van der Waals surface area contributed by atoms with E-state index in [1.807, 2.05) is 73.7 Å². The van der Waals surface area contributed by atoms with Gasteiger partial charge in [-0.25, -0.2) is 9.79 Å². The molecule has 1 aliphatic rings. The number of hydrogen-bond acceptors (Lipinski definition) is 11. The van der Waals surface area contributed by atoms with Crippen LogP contribution in [-0.2, 0) is 22.7 Å². The first kappa shape index (κ1) is 36.6. The number of aromatic nitrogens is 1. The van der Waals surface area contributed by atoms with Gasteiger partial charge in [-0.05, 0) is 61.7 Å². The van der Waals surface area contributed by atoms with Crippen LogP contribution >= 0.6 is 11.3 Å². The zero-order valence-corrected chi connectivity index (χ0v) is 30.4. The first-order valence-electron chi connectivity index (χ1n) is 16.9. The molecule has 0 unspecified atom stereocenters. The van der Waals surface area contributed by atoms with Gasteiger partial charge >= 0.3 is 5.97 Å². The summed E-state index contributed by atoms with van der Waals surface area (Å²) in [5, 5.41) is 12.6. The van der Waals surface area contributed by atoms with Gasteiger partial charge in [0.15, 0.2) is 27.8 Å². The molecule has 0 radical (unpaired) electrons. The van der Waals surface area contributed by atoms with E-state index in [4.69, 9.17) is 28.7 Å². The van der Waals surface area contributed by atoms with E-state index in [-0.39, 0.29) is 52.0 Å². The fourth-order valence-corrected chi connectivity index (χ4v) is 6.92. The van der Waals surface area contributed by atoms with Crippen LogP contribution in [0.2, 0.25) is 0 Å². The number of allylic oxidation sites excluding steroid dienone is 1. The van der Waals surface area contributed by atoms with E-state index >= 15 is 0 Å². The smallest absolute Gasteiger partial charge is 0.338 e. The van der Waals surface area contributed by atoms with Crippen molar-refractivity contribution in [3.63, 3.8) is 0 Å². The van der Waals surface area contributed by atoms with Gasteiger partial charge in [-0.15, -0.1) is 0 Å². The summed E-state index contributed by atoms with van der Waals surface area (Å²) in [5.74, 6) is 0.676. The maximum absolute atomic E-state index is 13.9. The molecule has 0 bridgehead atoms. The number of carbonyl (C=O) groups is 1. The van der Waals surface area contributed by atoms with Crippen molar-refractivity contribution < 1.29 is 33.4 Å². The van der Waals surface area contributed by atoms with Crippen LogP contribution in [0.5, 0.6) is 23.0 Å². The number of fused-ring (bicyclic) bond motifs is 1. The van der Waals surface area contributed by atoms with Crippen LogP contribution in [0.1, 0.15) is 49.1 Å². The van der Waals surface area contributed by atoms with E-state index < -0.39 is 22.5 Å². The molecule has 1 aliphatic heterocycles. The lowest BCUT2D eigenvalue weighted by atomic mass is 9.94. The zero-order valence-electron chi connectivity index (χ0n) is 29.6. The Morgan fingerprint density at radius 1 is 0.868 bits per heavy atom. The summed E-state index contributed by atoms with van der Waals surface area (Å²) in [6.45, 7) is 6.06. The highest BCUT2D eigenvalue weighted by Gasteiger charge is 2.36. The SMILES string of the molecule is CCOC(=O)C1=C(C)n2c(s/c(=C\c3ccc(OCc4ccccc4)c(OCC)c3)c2=O)=N[C@H]1c1cc(OC)c(OCc2ccccc2)cc1[N+](=O)[O-]. The molecule has 0 saturated heterocycles. The Kier molecular flexibility index (Phi) is 11.3. The summed E-state index contributed by atoms with van der Waals surface area (Å²) >= 11 is 1.09. The van der Waals surface area contributed by atoms with Crippen LogP contribution in [0.4, 0.5) is 5.69 Å². The second kappa shape index (κ2) is 16.4. The highest BCUT2D eigenvalue weighted by Crippen LogP contribution is 2.43. The van der Waals surface area contributed by atoms with Crippen molar-refractivity contribution in [1.29, 1.82) is 0 Å². The lowest BCUT2D eigenvalue weighted by Crippen LogP contribution is -2.35. The van der Waals surface area contributed by atoms with Gasteiger partial charge in [0.1, 0.15) is 19.3 Å². The Bertz CT molecular complexity index is 2350. The quantitative estimate of drug-likeness (QED) is 0.0722. The van der Waals surface area contributed by atoms with Gasteiger partial charge in [0.05, 0.1) is 47.0 Å². The molecule has 2 heterocycles. The highest BCUT2D eigenvalue weighted by molar-refractivity contribution is 7.07. The van der Waals surface area contributed by atoms with Crippen molar-refractivity contribution in [3.05, 3.63) is 149 Å². The van der Waals surface area contributed by atoms with E-state index in [1.165, 1.54) is 23.8 Å². The summed E-state index contributed by atoms with van der Waals surface area (Å²) in [6, 6.07) is 26.0. The number of rotatable bonds is 14. The van der Waals surface area contributed by atoms with Crippen molar-refractivity contribution in [1.82, 2.24) is 4.57 Å². The lowest BCUT2D eigenvalue weighted by Gasteiger charge is -2.23. The summed E-state index contributed by atoms with van der Waals surface area (Å²) in [5.41, 5.74) is 2.10. The second-order valence-corrected chi connectivity index (χ2v) is 12.8. The number of methoxy groups -OCH3 is 1. The van der Waals surface area contributed by atoms with E-state index in [0.29, 0.717) is 34.8 Å². The van der Waals surface area contributed by atoms with Crippen molar-refractivity contribution in [3.8, 4) is 23.0 Å². The molecule has 0 saturated carbocycles. The van der Waals surface area contributed by atoms with Gasteiger partial charge in [-0.1, -0.05) is 78.1 Å². The van der Waals surface area contributed by atoms with Gasteiger partial charge in [-0.3, -0.25) is 19.5 Å². The minimum absolute atomic E-state index is 0.00698. The Hall–Kier alpha value is -6.21. The normalized spacial score (nSPS) is 13.9. The van der Waals surface area contributed by atoms with E-state index in [0.717, 1.165) is 22.5 Å².